The number of unbranched alkanes of at least 4 members (excludes halogenated alkanes) is 1. The molecule has 146 valence electrons. The van der Waals surface area contributed by atoms with Crippen molar-refractivity contribution in [2.75, 3.05) is 24.7 Å². The van der Waals surface area contributed by atoms with E-state index in [2.05, 4.69) is 0 Å². The van der Waals surface area contributed by atoms with Crippen LogP contribution in [0.5, 0.6) is 0 Å². The lowest BCUT2D eigenvalue weighted by molar-refractivity contribution is 0.265. The summed E-state index contributed by atoms with van der Waals surface area (Å²) in [5.74, 6) is 0.619. The van der Waals surface area contributed by atoms with E-state index in [1.54, 1.807) is 0 Å². The SMILES string of the molecule is CC(C)[C@H](C)CS(=O)(=O)OCCCCOS(=O)(=O)C[C@H](C)C(C)C. The first-order valence-corrected chi connectivity index (χ1v) is 11.8. The Kier molecular flexibility index (Phi) is 10.7. The highest BCUT2D eigenvalue weighted by Gasteiger charge is 2.20. The minimum atomic E-state index is -3.53. The van der Waals surface area contributed by atoms with Crippen LogP contribution in [0.1, 0.15) is 54.4 Å². The molecule has 0 aromatic heterocycles. The van der Waals surface area contributed by atoms with E-state index in [1.165, 1.54) is 0 Å². The van der Waals surface area contributed by atoms with Crippen LogP contribution in [0.4, 0.5) is 0 Å². The van der Waals surface area contributed by atoms with E-state index in [4.69, 9.17) is 8.37 Å². The van der Waals surface area contributed by atoms with Crippen LogP contribution in [0.15, 0.2) is 0 Å². The third-order valence-electron chi connectivity index (χ3n) is 4.27. The standard InChI is InChI=1S/C16H34O6S2/c1-13(2)15(5)11-23(17,18)21-9-7-8-10-22-24(19,20)12-16(6)14(3)4/h13-16H,7-12H2,1-6H3/t15-,16+. The monoisotopic (exact) mass is 386 g/mol. The van der Waals surface area contributed by atoms with Crippen LogP contribution >= 0.6 is 0 Å². The van der Waals surface area contributed by atoms with Gasteiger partial charge in [0.1, 0.15) is 0 Å². The first kappa shape index (κ1) is 23.8. The topological polar surface area (TPSA) is 86.7 Å². The average Bonchev–Trinajstić information content (AvgIpc) is 2.41. The Morgan fingerprint density at radius 3 is 1.17 bits per heavy atom. The molecule has 0 spiro atoms. The molecule has 0 saturated carbocycles. The Labute approximate surface area is 148 Å². The van der Waals surface area contributed by atoms with Crippen molar-refractivity contribution >= 4 is 20.2 Å². The van der Waals surface area contributed by atoms with Crippen molar-refractivity contribution in [3.8, 4) is 0 Å². The highest BCUT2D eigenvalue weighted by molar-refractivity contribution is 7.86. The van der Waals surface area contributed by atoms with Crippen molar-refractivity contribution in [2.24, 2.45) is 23.7 Å². The molecule has 24 heavy (non-hydrogen) atoms. The van der Waals surface area contributed by atoms with Gasteiger partial charge in [-0.25, -0.2) is 0 Å². The van der Waals surface area contributed by atoms with Gasteiger partial charge in [-0.15, -0.1) is 0 Å². The Morgan fingerprint density at radius 1 is 0.625 bits per heavy atom. The zero-order valence-corrected chi connectivity index (χ0v) is 17.5. The zero-order valence-electron chi connectivity index (χ0n) is 15.8. The smallest absolute Gasteiger partial charge is 0.267 e. The van der Waals surface area contributed by atoms with Gasteiger partial charge in [0.2, 0.25) is 0 Å². The molecule has 0 aromatic carbocycles. The molecule has 0 aliphatic carbocycles. The third-order valence-corrected chi connectivity index (χ3v) is 7.19. The molecular formula is C16H34O6S2. The van der Waals surface area contributed by atoms with Gasteiger partial charge in [-0.3, -0.25) is 8.37 Å². The average molecular weight is 387 g/mol. The molecule has 0 bridgehead atoms. The molecule has 6 nitrogen and oxygen atoms in total. The Balaban J connectivity index is 3.99. The van der Waals surface area contributed by atoms with Crippen molar-refractivity contribution in [1.29, 1.82) is 0 Å². The van der Waals surface area contributed by atoms with Crippen molar-refractivity contribution in [3.05, 3.63) is 0 Å². The van der Waals surface area contributed by atoms with Crippen molar-refractivity contribution in [3.63, 3.8) is 0 Å². The molecule has 0 amide bonds. The normalized spacial score (nSPS) is 15.8. The van der Waals surface area contributed by atoms with E-state index in [0.717, 1.165) is 0 Å². The highest BCUT2D eigenvalue weighted by Crippen LogP contribution is 2.15. The minimum absolute atomic E-state index is 0.00262. The van der Waals surface area contributed by atoms with Gasteiger partial charge in [0.15, 0.2) is 0 Å². The van der Waals surface area contributed by atoms with Crippen molar-refractivity contribution in [1.82, 2.24) is 0 Å². The van der Waals surface area contributed by atoms with Crippen LogP contribution in [0.3, 0.4) is 0 Å². The van der Waals surface area contributed by atoms with Gasteiger partial charge in [-0.1, -0.05) is 41.5 Å². The van der Waals surface area contributed by atoms with Gasteiger partial charge in [0, 0.05) is 0 Å². The van der Waals surface area contributed by atoms with Crippen LogP contribution in [0, 0.1) is 23.7 Å². The fraction of sp³-hybridized carbons (Fsp3) is 1.00. The summed E-state index contributed by atoms with van der Waals surface area (Å²) in [5.41, 5.74) is 0. The summed E-state index contributed by atoms with van der Waals surface area (Å²) in [6.07, 6.45) is 0.870. The van der Waals surface area contributed by atoms with Gasteiger partial charge in [0.25, 0.3) is 20.2 Å². The van der Waals surface area contributed by atoms with Crippen LogP contribution in [0.2, 0.25) is 0 Å². The van der Waals surface area contributed by atoms with Crippen LogP contribution < -0.4 is 0 Å². The first-order valence-electron chi connectivity index (χ1n) is 8.60. The van der Waals surface area contributed by atoms with Crippen molar-refractivity contribution in [2.45, 2.75) is 54.4 Å². The molecule has 0 aliphatic rings. The molecule has 0 aromatic rings. The Morgan fingerprint density at radius 2 is 0.917 bits per heavy atom. The number of hydrogen-bond donors (Lipinski definition) is 0. The van der Waals surface area contributed by atoms with Gasteiger partial charge in [-0.2, -0.15) is 16.8 Å². The maximum absolute atomic E-state index is 11.8. The predicted molar refractivity (Wildman–Crippen MR) is 96.7 cm³/mol. The summed E-state index contributed by atoms with van der Waals surface area (Å²) in [7, 11) is -7.05. The second-order valence-corrected chi connectivity index (χ2v) is 10.6. The van der Waals surface area contributed by atoms with Gasteiger partial charge < -0.3 is 0 Å². The maximum Gasteiger partial charge on any atom is 0.267 e. The van der Waals surface area contributed by atoms with Gasteiger partial charge in [-0.05, 0) is 36.5 Å². The summed E-state index contributed by atoms with van der Waals surface area (Å²) in [6, 6.07) is 0. The summed E-state index contributed by atoms with van der Waals surface area (Å²) in [5, 5.41) is 0. The molecule has 0 saturated heterocycles. The van der Waals surface area contributed by atoms with Crippen molar-refractivity contribution < 1.29 is 25.2 Å². The lowest BCUT2D eigenvalue weighted by atomic mass is 10.0. The Hall–Kier alpha value is -0.180. The summed E-state index contributed by atoms with van der Waals surface area (Å²) in [6.45, 7) is 11.7. The minimum Gasteiger partial charge on any atom is -0.270 e. The van der Waals surface area contributed by atoms with Crippen LogP contribution in [-0.2, 0) is 28.6 Å². The summed E-state index contributed by atoms with van der Waals surface area (Å²) in [4.78, 5) is 0. The molecule has 0 aliphatic heterocycles. The van der Waals surface area contributed by atoms with Gasteiger partial charge >= 0.3 is 0 Å². The third kappa shape index (κ3) is 11.4. The van der Waals surface area contributed by atoms with Crippen LogP contribution in [0.25, 0.3) is 0 Å². The molecule has 2 atom stereocenters. The first-order chi connectivity index (χ1) is 10.9. The number of rotatable bonds is 13. The molecule has 8 heteroatoms. The number of hydrogen-bond acceptors (Lipinski definition) is 6. The fourth-order valence-electron chi connectivity index (χ4n) is 1.70. The summed E-state index contributed by atoms with van der Waals surface area (Å²) >= 11 is 0. The van der Waals surface area contributed by atoms with E-state index in [-0.39, 0.29) is 48.4 Å². The lowest BCUT2D eigenvalue weighted by Gasteiger charge is -2.15. The van der Waals surface area contributed by atoms with Gasteiger partial charge in [0.05, 0.1) is 24.7 Å². The maximum atomic E-state index is 11.8. The Bertz CT molecular complexity index is 487. The lowest BCUT2D eigenvalue weighted by Crippen LogP contribution is -2.21. The largest absolute Gasteiger partial charge is 0.270 e. The molecule has 0 unspecified atom stereocenters. The van der Waals surface area contributed by atoms with E-state index in [1.807, 2.05) is 41.5 Å². The van der Waals surface area contributed by atoms with E-state index in [9.17, 15) is 16.8 Å². The predicted octanol–water partition coefficient (Wildman–Crippen LogP) is 3.04. The quantitative estimate of drug-likeness (QED) is 0.357. The second kappa shape index (κ2) is 10.7. The fourth-order valence-corrected chi connectivity index (χ4v) is 4.69. The van der Waals surface area contributed by atoms with Crippen LogP contribution in [-0.4, -0.2) is 41.6 Å². The molecule has 0 N–H and O–H groups in total. The summed E-state index contributed by atoms with van der Waals surface area (Å²) < 4.78 is 57.0. The molecule has 0 radical (unpaired) electrons. The molecular weight excluding hydrogens is 352 g/mol. The molecule has 0 rings (SSSR count). The van der Waals surface area contributed by atoms with E-state index < -0.39 is 20.2 Å². The molecule has 0 heterocycles. The van der Waals surface area contributed by atoms with E-state index in [0.29, 0.717) is 12.8 Å². The zero-order chi connectivity index (χ0) is 19.0. The second-order valence-electron chi connectivity index (χ2n) is 7.24. The van der Waals surface area contributed by atoms with E-state index >= 15 is 0 Å². The highest BCUT2D eigenvalue weighted by atomic mass is 32.2. The molecule has 0 fully saturated rings.